The summed E-state index contributed by atoms with van der Waals surface area (Å²) < 4.78 is 14.9. The third-order valence-electron chi connectivity index (χ3n) is 3.91. The van der Waals surface area contributed by atoms with Crippen LogP contribution in [0.5, 0.6) is 0 Å². The van der Waals surface area contributed by atoms with Crippen molar-refractivity contribution in [2.75, 3.05) is 5.32 Å². The number of benzene rings is 2. The summed E-state index contributed by atoms with van der Waals surface area (Å²) in [6.07, 6.45) is 1.63. The van der Waals surface area contributed by atoms with Gasteiger partial charge in [-0.05, 0) is 37.3 Å². The van der Waals surface area contributed by atoms with Crippen molar-refractivity contribution < 1.29 is 9.18 Å². The van der Waals surface area contributed by atoms with Gasteiger partial charge in [-0.1, -0.05) is 18.2 Å². The van der Waals surface area contributed by atoms with Gasteiger partial charge in [0.25, 0.3) is 0 Å². The Balaban J connectivity index is 1.71. The smallest absolute Gasteiger partial charge is 0.339 e. The second-order valence-electron chi connectivity index (χ2n) is 5.41. The lowest BCUT2D eigenvalue weighted by Gasteiger charge is -2.03. The summed E-state index contributed by atoms with van der Waals surface area (Å²) in [5, 5.41) is 7.65. The summed E-state index contributed by atoms with van der Waals surface area (Å²) in [4.78, 5) is 11.8. The summed E-state index contributed by atoms with van der Waals surface area (Å²) in [6.45, 7) is 2.00. The number of fused-ring (bicyclic) bond motifs is 1. The monoisotopic (exact) mass is 324 g/mol. The van der Waals surface area contributed by atoms with E-state index in [1.807, 2.05) is 38.2 Å². The molecule has 2 N–H and O–H groups in total. The summed E-state index contributed by atoms with van der Waals surface area (Å²) in [6, 6.07) is 13.0. The normalized spacial score (nSPS) is 11.1. The number of nitrogens with one attached hydrogen (secondary N) is 2. The maximum atomic E-state index is 12.8. The first-order chi connectivity index (χ1) is 11.6. The van der Waals surface area contributed by atoms with E-state index in [0.29, 0.717) is 5.69 Å². The van der Waals surface area contributed by atoms with Crippen molar-refractivity contribution in [1.82, 2.24) is 9.99 Å². The molecule has 0 bridgehead atoms. The van der Waals surface area contributed by atoms with Gasteiger partial charge < -0.3 is 9.88 Å². The van der Waals surface area contributed by atoms with E-state index in [4.69, 9.17) is 0 Å². The standard InChI is InChI=1S/C18H17FN4O/c1-12-16(15-5-3-4-6-17(15)23(12)2)11-20-22-18(24)21-14-9-7-13(19)8-10-14/h3-11H,1-2H3,(H2,21,22,24)/b20-11-. The number of hydrogen-bond donors (Lipinski definition) is 2. The van der Waals surface area contributed by atoms with Crippen LogP contribution < -0.4 is 10.7 Å². The van der Waals surface area contributed by atoms with Crippen molar-refractivity contribution in [2.45, 2.75) is 6.92 Å². The lowest BCUT2D eigenvalue weighted by Crippen LogP contribution is -2.24. The van der Waals surface area contributed by atoms with E-state index in [2.05, 4.69) is 20.4 Å². The maximum Gasteiger partial charge on any atom is 0.339 e. The number of nitrogens with zero attached hydrogens (tertiary/aromatic N) is 2. The van der Waals surface area contributed by atoms with E-state index in [-0.39, 0.29) is 5.82 Å². The highest BCUT2D eigenvalue weighted by molar-refractivity contribution is 6.01. The largest absolute Gasteiger partial charge is 0.347 e. The summed E-state index contributed by atoms with van der Waals surface area (Å²) in [5.41, 5.74) is 6.02. The van der Waals surface area contributed by atoms with Gasteiger partial charge in [0.05, 0.1) is 6.21 Å². The number of halogens is 1. The van der Waals surface area contributed by atoms with E-state index < -0.39 is 6.03 Å². The van der Waals surface area contributed by atoms with Crippen LogP contribution in [0.1, 0.15) is 11.3 Å². The minimum absolute atomic E-state index is 0.356. The zero-order valence-electron chi connectivity index (χ0n) is 13.4. The Morgan fingerprint density at radius 3 is 2.62 bits per heavy atom. The van der Waals surface area contributed by atoms with E-state index in [1.54, 1.807) is 6.21 Å². The van der Waals surface area contributed by atoms with Crippen LogP contribution >= 0.6 is 0 Å². The number of aryl methyl sites for hydroxylation is 1. The van der Waals surface area contributed by atoms with Crippen LogP contribution in [0.2, 0.25) is 0 Å². The molecule has 0 aliphatic rings. The van der Waals surface area contributed by atoms with E-state index in [1.165, 1.54) is 24.3 Å². The third kappa shape index (κ3) is 3.12. The van der Waals surface area contributed by atoms with E-state index in [0.717, 1.165) is 22.2 Å². The Kier molecular flexibility index (Phi) is 4.29. The topological polar surface area (TPSA) is 58.4 Å². The number of hydrogen-bond acceptors (Lipinski definition) is 2. The molecule has 0 radical (unpaired) electrons. The molecule has 0 spiro atoms. The number of aromatic nitrogens is 1. The molecule has 6 heteroatoms. The van der Waals surface area contributed by atoms with E-state index in [9.17, 15) is 9.18 Å². The number of rotatable bonds is 3. The van der Waals surface area contributed by atoms with Crippen LogP contribution in [0.15, 0.2) is 53.6 Å². The van der Waals surface area contributed by atoms with Gasteiger partial charge in [-0.3, -0.25) is 0 Å². The fourth-order valence-corrected chi connectivity index (χ4v) is 2.56. The fourth-order valence-electron chi connectivity index (χ4n) is 2.56. The molecule has 0 fully saturated rings. The first-order valence-corrected chi connectivity index (χ1v) is 7.46. The number of urea groups is 1. The number of para-hydroxylation sites is 1. The second-order valence-corrected chi connectivity index (χ2v) is 5.41. The molecule has 2 amide bonds. The molecule has 3 rings (SSSR count). The fraction of sp³-hybridized carbons (Fsp3) is 0.111. The van der Waals surface area contributed by atoms with Crippen molar-refractivity contribution in [3.63, 3.8) is 0 Å². The average molecular weight is 324 g/mol. The van der Waals surface area contributed by atoms with Gasteiger partial charge in [-0.15, -0.1) is 0 Å². The number of anilines is 1. The number of hydrazone groups is 1. The van der Waals surface area contributed by atoms with Crippen molar-refractivity contribution in [3.05, 3.63) is 65.6 Å². The Morgan fingerprint density at radius 1 is 1.17 bits per heavy atom. The van der Waals surface area contributed by atoms with Crippen molar-refractivity contribution in [1.29, 1.82) is 0 Å². The average Bonchev–Trinajstić information content (AvgIpc) is 2.82. The van der Waals surface area contributed by atoms with Crippen LogP contribution in [0, 0.1) is 12.7 Å². The number of carbonyl (C=O) groups is 1. The van der Waals surface area contributed by atoms with E-state index >= 15 is 0 Å². The molecule has 0 saturated carbocycles. The van der Waals surface area contributed by atoms with Crippen LogP contribution in [-0.2, 0) is 7.05 Å². The predicted octanol–water partition coefficient (Wildman–Crippen LogP) is 3.78. The van der Waals surface area contributed by atoms with Gasteiger partial charge in [0, 0.05) is 34.9 Å². The minimum Gasteiger partial charge on any atom is -0.347 e. The lowest BCUT2D eigenvalue weighted by atomic mass is 10.1. The van der Waals surface area contributed by atoms with Crippen LogP contribution in [0.25, 0.3) is 10.9 Å². The Morgan fingerprint density at radius 2 is 1.88 bits per heavy atom. The van der Waals surface area contributed by atoms with Crippen LogP contribution in [0.3, 0.4) is 0 Å². The first-order valence-electron chi connectivity index (χ1n) is 7.46. The molecular weight excluding hydrogens is 307 g/mol. The number of carbonyl (C=O) groups excluding carboxylic acids is 1. The lowest BCUT2D eigenvalue weighted by molar-refractivity contribution is 0.252. The highest BCUT2D eigenvalue weighted by atomic mass is 19.1. The van der Waals surface area contributed by atoms with Gasteiger partial charge >= 0.3 is 6.03 Å². The zero-order chi connectivity index (χ0) is 17.1. The highest BCUT2D eigenvalue weighted by Gasteiger charge is 2.09. The molecule has 0 saturated heterocycles. The third-order valence-corrected chi connectivity index (χ3v) is 3.91. The summed E-state index contributed by atoms with van der Waals surface area (Å²) in [5.74, 6) is -0.356. The maximum absolute atomic E-state index is 12.8. The number of amides is 2. The van der Waals surface area contributed by atoms with Crippen LogP contribution in [0.4, 0.5) is 14.9 Å². The summed E-state index contributed by atoms with van der Waals surface area (Å²) >= 11 is 0. The first kappa shape index (κ1) is 15.7. The van der Waals surface area contributed by atoms with Gasteiger partial charge in [-0.25, -0.2) is 14.6 Å². The Labute approximate surface area is 138 Å². The molecule has 3 aromatic rings. The predicted molar refractivity (Wildman–Crippen MR) is 93.8 cm³/mol. The molecular formula is C18H17FN4O. The molecule has 1 aromatic heterocycles. The van der Waals surface area contributed by atoms with Crippen molar-refractivity contribution in [2.24, 2.45) is 12.1 Å². The zero-order valence-corrected chi connectivity index (χ0v) is 13.4. The molecule has 5 nitrogen and oxygen atoms in total. The molecule has 1 heterocycles. The Hall–Kier alpha value is -3.15. The van der Waals surface area contributed by atoms with Gasteiger partial charge in [0.2, 0.25) is 0 Å². The summed E-state index contributed by atoms with van der Waals surface area (Å²) in [7, 11) is 1.99. The molecule has 0 atom stereocenters. The quantitative estimate of drug-likeness (QED) is 0.559. The molecule has 0 aliphatic carbocycles. The minimum atomic E-state index is -0.490. The molecule has 2 aromatic carbocycles. The van der Waals surface area contributed by atoms with Crippen molar-refractivity contribution >= 4 is 28.8 Å². The molecule has 122 valence electrons. The van der Waals surface area contributed by atoms with Gasteiger partial charge in [0.15, 0.2) is 0 Å². The Bertz CT molecular complexity index is 913. The molecule has 24 heavy (non-hydrogen) atoms. The van der Waals surface area contributed by atoms with Crippen molar-refractivity contribution in [3.8, 4) is 0 Å². The second kappa shape index (κ2) is 6.54. The SMILES string of the molecule is Cc1c(/C=N\NC(=O)Nc2ccc(F)cc2)c2ccccc2n1C. The van der Waals surface area contributed by atoms with Crippen LogP contribution in [-0.4, -0.2) is 16.8 Å². The van der Waals surface area contributed by atoms with Gasteiger partial charge in [0.1, 0.15) is 5.82 Å². The molecule has 0 aliphatic heterocycles. The molecule has 0 unspecified atom stereocenters. The van der Waals surface area contributed by atoms with Gasteiger partial charge in [-0.2, -0.15) is 5.10 Å². The highest BCUT2D eigenvalue weighted by Crippen LogP contribution is 2.22.